The summed E-state index contributed by atoms with van der Waals surface area (Å²) >= 11 is 0. The standard InChI is InChI=1S/C26H29N5O2/c1-2-3-18-33-26(32)31-16-14-30(15-17-31)24-20-27-23(19-28-24)29-25(21-10-6-4-7-11-21)22-12-8-5-9-13-22/h4-13,19-20H,2-3,14-18H2,1H3. The van der Waals surface area contributed by atoms with Gasteiger partial charge in [-0.1, -0.05) is 74.0 Å². The topological polar surface area (TPSA) is 70.9 Å². The third-order valence-corrected chi connectivity index (χ3v) is 5.53. The molecule has 0 bridgehead atoms. The fourth-order valence-corrected chi connectivity index (χ4v) is 3.65. The number of nitrogens with zero attached hydrogens (tertiary/aromatic N) is 5. The normalized spacial score (nSPS) is 13.5. The van der Waals surface area contributed by atoms with E-state index in [0.717, 1.165) is 35.5 Å². The van der Waals surface area contributed by atoms with Crippen LogP contribution in [0.1, 0.15) is 30.9 Å². The number of anilines is 1. The maximum Gasteiger partial charge on any atom is 0.409 e. The lowest BCUT2D eigenvalue weighted by Crippen LogP contribution is -2.49. The average molecular weight is 444 g/mol. The van der Waals surface area contributed by atoms with Crippen molar-refractivity contribution in [2.24, 2.45) is 4.99 Å². The summed E-state index contributed by atoms with van der Waals surface area (Å²) in [6, 6.07) is 20.2. The number of ether oxygens (including phenoxy) is 1. The number of unbranched alkanes of at least 4 members (excludes halogenated alkanes) is 1. The molecule has 1 saturated heterocycles. The Kier molecular flexibility index (Phi) is 7.64. The Hall–Kier alpha value is -3.74. The van der Waals surface area contributed by atoms with Gasteiger partial charge in [-0.2, -0.15) is 0 Å². The fourth-order valence-electron chi connectivity index (χ4n) is 3.65. The van der Waals surface area contributed by atoms with Crippen LogP contribution in [0.4, 0.5) is 16.4 Å². The third kappa shape index (κ3) is 5.94. The molecule has 1 aromatic heterocycles. The zero-order valence-electron chi connectivity index (χ0n) is 18.9. The summed E-state index contributed by atoms with van der Waals surface area (Å²) in [4.78, 5) is 30.0. The number of aliphatic imine (C=N–C) groups is 1. The highest BCUT2D eigenvalue weighted by atomic mass is 16.6. The molecule has 0 radical (unpaired) electrons. The summed E-state index contributed by atoms with van der Waals surface area (Å²) in [7, 11) is 0. The lowest BCUT2D eigenvalue weighted by atomic mass is 10.0. The smallest absolute Gasteiger partial charge is 0.409 e. The molecule has 0 N–H and O–H groups in total. The van der Waals surface area contributed by atoms with Crippen molar-refractivity contribution in [1.82, 2.24) is 14.9 Å². The van der Waals surface area contributed by atoms with E-state index in [0.29, 0.717) is 38.6 Å². The van der Waals surface area contributed by atoms with Crippen molar-refractivity contribution in [3.63, 3.8) is 0 Å². The quantitative estimate of drug-likeness (QED) is 0.391. The van der Waals surface area contributed by atoms with E-state index in [-0.39, 0.29) is 6.09 Å². The summed E-state index contributed by atoms with van der Waals surface area (Å²) in [6.07, 6.45) is 5.13. The van der Waals surface area contributed by atoms with Crippen LogP contribution in [-0.4, -0.2) is 59.5 Å². The fraction of sp³-hybridized carbons (Fsp3) is 0.308. The van der Waals surface area contributed by atoms with Crippen molar-refractivity contribution in [2.75, 3.05) is 37.7 Å². The van der Waals surface area contributed by atoms with Crippen LogP contribution < -0.4 is 4.90 Å². The molecule has 2 aromatic carbocycles. The zero-order valence-corrected chi connectivity index (χ0v) is 18.9. The summed E-state index contributed by atoms with van der Waals surface area (Å²) in [6.45, 7) is 5.17. The second-order valence-corrected chi connectivity index (χ2v) is 7.87. The summed E-state index contributed by atoms with van der Waals surface area (Å²) in [5.74, 6) is 1.34. The highest BCUT2D eigenvalue weighted by Crippen LogP contribution is 2.19. The molecule has 4 rings (SSSR count). The zero-order chi connectivity index (χ0) is 22.9. The second-order valence-electron chi connectivity index (χ2n) is 7.87. The highest BCUT2D eigenvalue weighted by Gasteiger charge is 2.23. The minimum atomic E-state index is -0.228. The van der Waals surface area contributed by atoms with E-state index >= 15 is 0 Å². The van der Waals surface area contributed by atoms with Crippen LogP contribution in [0.25, 0.3) is 0 Å². The van der Waals surface area contributed by atoms with Crippen LogP contribution in [-0.2, 0) is 4.74 Å². The van der Waals surface area contributed by atoms with Gasteiger partial charge in [0.25, 0.3) is 0 Å². The van der Waals surface area contributed by atoms with Gasteiger partial charge in [0.15, 0.2) is 5.82 Å². The van der Waals surface area contributed by atoms with Gasteiger partial charge in [-0.3, -0.25) is 0 Å². The second kappa shape index (κ2) is 11.2. The number of hydrogen-bond donors (Lipinski definition) is 0. The first-order valence-corrected chi connectivity index (χ1v) is 11.4. The molecule has 1 amide bonds. The Morgan fingerprint density at radius 2 is 1.55 bits per heavy atom. The van der Waals surface area contributed by atoms with Crippen LogP contribution >= 0.6 is 0 Å². The molecule has 0 saturated carbocycles. The predicted molar refractivity (Wildman–Crippen MR) is 130 cm³/mol. The van der Waals surface area contributed by atoms with Gasteiger partial charge in [-0.05, 0) is 6.42 Å². The van der Waals surface area contributed by atoms with Gasteiger partial charge in [-0.15, -0.1) is 0 Å². The number of amides is 1. The third-order valence-electron chi connectivity index (χ3n) is 5.53. The van der Waals surface area contributed by atoms with Crippen LogP contribution in [0.3, 0.4) is 0 Å². The van der Waals surface area contributed by atoms with Crippen LogP contribution in [0.2, 0.25) is 0 Å². The molecular weight excluding hydrogens is 414 g/mol. The van der Waals surface area contributed by atoms with E-state index in [1.54, 1.807) is 17.3 Å². The van der Waals surface area contributed by atoms with Gasteiger partial charge in [0, 0.05) is 37.3 Å². The van der Waals surface area contributed by atoms with Gasteiger partial charge in [0.05, 0.1) is 24.7 Å². The number of piperazine rings is 1. The van der Waals surface area contributed by atoms with E-state index in [9.17, 15) is 4.79 Å². The minimum absolute atomic E-state index is 0.228. The van der Waals surface area contributed by atoms with Gasteiger partial charge in [0.1, 0.15) is 5.82 Å². The Labute approximate surface area is 194 Å². The molecule has 0 unspecified atom stereocenters. The van der Waals surface area contributed by atoms with Crippen LogP contribution in [0.15, 0.2) is 78.0 Å². The monoisotopic (exact) mass is 443 g/mol. The molecule has 7 heteroatoms. The van der Waals surface area contributed by atoms with Crippen molar-refractivity contribution < 1.29 is 9.53 Å². The SMILES string of the molecule is CCCCOC(=O)N1CCN(c2cnc(N=C(c3ccccc3)c3ccccc3)cn2)CC1. The summed E-state index contributed by atoms with van der Waals surface area (Å²) in [5, 5.41) is 0. The summed E-state index contributed by atoms with van der Waals surface area (Å²) in [5.41, 5.74) is 2.90. The Morgan fingerprint density at radius 1 is 0.909 bits per heavy atom. The molecule has 0 aliphatic carbocycles. The molecule has 33 heavy (non-hydrogen) atoms. The largest absolute Gasteiger partial charge is 0.449 e. The van der Waals surface area contributed by atoms with Crippen molar-refractivity contribution in [1.29, 1.82) is 0 Å². The van der Waals surface area contributed by atoms with Gasteiger partial charge >= 0.3 is 6.09 Å². The first kappa shape index (κ1) is 22.5. The molecule has 170 valence electrons. The lowest BCUT2D eigenvalue weighted by molar-refractivity contribution is 0.0989. The van der Waals surface area contributed by atoms with Gasteiger partial charge < -0.3 is 14.5 Å². The molecule has 7 nitrogen and oxygen atoms in total. The Bertz CT molecular complexity index is 1010. The lowest BCUT2D eigenvalue weighted by Gasteiger charge is -2.34. The molecule has 1 aliphatic heterocycles. The van der Waals surface area contributed by atoms with E-state index in [4.69, 9.17) is 9.73 Å². The van der Waals surface area contributed by atoms with E-state index < -0.39 is 0 Å². The first-order chi connectivity index (χ1) is 16.2. The summed E-state index contributed by atoms with van der Waals surface area (Å²) < 4.78 is 5.31. The van der Waals surface area contributed by atoms with Gasteiger partial charge in [0.2, 0.25) is 0 Å². The number of carbonyl (C=O) groups excluding carboxylic acids is 1. The molecular formula is C26H29N5O2. The van der Waals surface area contributed by atoms with Crippen molar-refractivity contribution in [2.45, 2.75) is 19.8 Å². The Morgan fingerprint density at radius 3 is 2.09 bits per heavy atom. The number of benzene rings is 2. The van der Waals surface area contributed by atoms with E-state index in [1.165, 1.54) is 0 Å². The minimum Gasteiger partial charge on any atom is -0.449 e. The van der Waals surface area contributed by atoms with E-state index in [1.807, 2.05) is 60.7 Å². The number of hydrogen-bond acceptors (Lipinski definition) is 6. The number of aromatic nitrogens is 2. The average Bonchev–Trinajstić information content (AvgIpc) is 2.89. The van der Waals surface area contributed by atoms with Crippen molar-refractivity contribution >= 4 is 23.4 Å². The number of rotatable bonds is 7. The molecule has 1 fully saturated rings. The van der Waals surface area contributed by atoms with Crippen molar-refractivity contribution in [3.05, 3.63) is 84.2 Å². The van der Waals surface area contributed by atoms with Crippen LogP contribution in [0, 0.1) is 0 Å². The molecule has 1 aliphatic rings. The molecule has 0 spiro atoms. The molecule has 3 aromatic rings. The maximum atomic E-state index is 12.1. The highest BCUT2D eigenvalue weighted by molar-refractivity contribution is 6.13. The van der Waals surface area contributed by atoms with Gasteiger partial charge in [-0.25, -0.2) is 19.8 Å². The first-order valence-electron chi connectivity index (χ1n) is 11.4. The molecule has 2 heterocycles. The van der Waals surface area contributed by atoms with Crippen molar-refractivity contribution in [3.8, 4) is 0 Å². The maximum absolute atomic E-state index is 12.1. The molecule has 0 atom stereocenters. The predicted octanol–water partition coefficient (Wildman–Crippen LogP) is 4.70. The van der Waals surface area contributed by atoms with Crippen LogP contribution in [0.5, 0.6) is 0 Å². The Balaban J connectivity index is 1.44. The van der Waals surface area contributed by atoms with E-state index in [2.05, 4.69) is 21.8 Å². The number of carbonyl (C=O) groups is 1.